The molecule has 1 amide bonds. The highest BCUT2D eigenvalue weighted by Crippen LogP contribution is 2.55. The molecule has 2 unspecified atom stereocenters. The Kier molecular flexibility index (Phi) is 4.19. The number of hydrogen-bond donors (Lipinski definition) is 2. The Balaban J connectivity index is 1.28. The van der Waals surface area contributed by atoms with Crippen molar-refractivity contribution in [2.24, 2.45) is 17.8 Å². The Morgan fingerprint density at radius 2 is 1.77 bits per heavy atom. The summed E-state index contributed by atoms with van der Waals surface area (Å²) in [6, 6.07) is 9.69. The van der Waals surface area contributed by atoms with Gasteiger partial charge in [-0.1, -0.05) is 30.3 Å². The van der Waals surface area contributed by atoms with Gasteiger partial charge in [-0.25, -0.2) is 9.07 Å². The minimum atomic E-state index is -0.490. The molecule has 0 radical (unpaired) electrons. The van der Waals surface area contributed by atoms with E-state index >= 15 is 0 Å². The van der Waals surface area contributed by atoms with Crippen LogP contribution in [0.25, 0.3) is 0 Å². The van der Waals surface area contributed by atoms with E-state index in [1.54, 1.807) is 10.9 Å². The van der Waals surface area contributed by atoms with Gasteiger partial charge in [0.25, 0.3) is 5.91 Å². The fourth-order valence-corrected chi connectivity index (χ4v) is 7.15. The average Bonchev–Trinajstić information content (AvgIpc) is 3.16. The number of rotatable bonds is 4. The molecule has 4 bridgehead atoms. The number of anilines is 1. The number of hydrogen-bond acceptors (Lipinski definition) is 3. The lowest BCUT2D eigenvalue weighted by Gasteiger charge is -2.56. The molecule has 2 aromatic rings. The lowest BCUT2D eigenvalue weighted by atomic mass is 9.53. The van der Waals surface area contributed by atoms with Gasteiger partial charge in [0.05, 0.1) is 18.3 Å². The summed E-state index contributed by atoms with van der Waals surface area (Å²) in [5.41, 5.74) is 1.61. The molecule has 7 rings (SSSR count). The smallest absolute Gasteiger partial charge is 0.257 e. The number of alkyl halides is 1. The quantitative estimate of drug-likeness (QED) is 0.774. The number of fused-ring (bicyclic) bond motifs is 1. The minimum Gasteiger partial charge on any atom is -0.363 e. The number of nitrogens with zero attached hydrogens (tertiary/aromatic N) is 2. The third kappa shape index (κ3) is 2.95. The van der Waals surface area contributed by atoms with Crippen molar-refractivity contribution in [2.75, 3.05) is 12.0 Å². The number of nitrogens with one attached hydrogen (secondary N) is 2. The van der Waals surface area contributed by atoms with E-state index in [2.05, 4.69) is 15.7 Å². The van der Waals surface area contributed by atoms with E-state index in [0.717, 1.165) is 42.6 Å². The van der Waals surface area contributed by atoms with Gasteiger partial charge in [0, 0.05) is 5.54 Å². The van der Waals surface area contributed by atoms with Crippen molar-refractivity contribution in [1.29, 1.82) is 0 Å². The minimum absolute atomic E-state index is 0.0257. The summed E-state index contributed by atoms with van der Waals surface area (Å²) >= 11 is 0. The predicted octanol–water partition coefficient (Wildman–Crippen LogP) is 4.65. The summed E-state index contributed by atoms with van der Waals surface area (Å²) in [5, 5.41) is 11.3. The Morgan fingerprint density at radius 1 is 1.10 bits per heavy atom. The molecular formula is C24H29FN4O. The standard InChI is InChI=1S/C24H29FN4O/c25-13-19-9-21(18-4-2-1-3-5-18)27-22-20(14-26-29(19)22)23(30)28-24-10-15-6-16(11-24)8-17(7-15)12-24/h1-5,14-17,19,21,27H,6-13H2,(H,28,30). The third-order valence-electron chi connectivity index (χ3n) is 8.00. The zero-order chi connectivity index (χ0) is 20.3. The van der Waals surface area contributed by atoms with Crippen molar-refractivity contribution in [1.82, 2.24) is 15.1 Å². The van der Waals surface area contributed by atoms with Crippen LogP contribution < -0.4 is 10.6 Å². The van der Waals surface area contributed by atoms with Crippen molar-refractivity contribution >= 4 is 11.7 Å². The van der Waals surface area contributed by atoms with E-state index in [4.69, 9.17) is 0 Å². The van der Waals surface area contributed by atoms with E-state index in [9.17, 15) is 9.18 Å². The number of carbonyl (C=O) groups is 1. The van der Waals surface area contributed by atoms with Crippen LogP contribution in [0.15, 0.2) is 36.5 Å². The molecular weight excluding hydrogens is 379 g/mol. The molecule has 4 fully saturated rings. The van der Waals surface area contributed by atoms with E-state index in [0.29, 0.717) is 17.8 Å². The van der Waals surface area contributed by atoms with Crippen LogP contribution in [0.2, 0.25) is 0 Å². The molecule has 0 saturated heterocycles. The van der Waals surface area contributed by atoms with Gasteiger partial charge >= 0.3 is 0 Å². The zero-order valence-corrected chi connectivity index (χ0v) is 17.2. The number of amides is 1. The third-order valence-corrected chi connectivity index (χ3v) is 8.00. The molecule has 1 aromatic heterocycles. The topological polar surface area (TPSA) is 59.0 Å². The number of aromatic nitrogens is 2. The molecule has 1 aliphatic heterocycles. The van der Waals surface area contributed by atoms with Gasteiger partial charge in [-0.05, 0) is 68.3 Å². The molecule has 5 aliphatic rings. The first-order valence-corrected chi connectivity index (χ1v) is 11.4. The van der Waals surface area contributed by atoms with Crippen LogP contribution in [0.3, 0.4) is 0 Å². The molecule has 2 heterocycles. The summed E-state index contributed by atoms with van der Waals surface area (Å²) in [4.78, 5) is 13.4. The van der Waals surface area contributed by atoms with Gasteiger partial charge in [-0.3, -0.25) is 4.79 Å². The van der Waals surface area contributed by atoms with Crippen LogP contribution in [-0.2, 0) is 0 Å². The van der Waals surface area contributed by atoms with Crippen molar-refractivity contribution in [2.45, 2.75) is 62.6 Å². The first-order valence-electron chi connectivity index (χ1n) is 11.4. The van der Waals surface area contributed by atoms with Gasteiger partial charge in [-0.15, -0.1) is 0 Å². The second-order valence-electron chi connectivity index (χ2n) is 10.2. The normalized spacial score (nSPS) is 36.2. The highest BCUT2D eigenvalue weighted by Gasteiger charge is 2.51. The lowest BCUT2D eigenvalue weighted by molar-refractivity contribution is -0.0166. The number of halogens is 1. The Labute approximate surface area is 176 Å². The van der Waals surface area contributed by atoms with Crippen molar-refractivity contribution in [3.8, 4) is 0 Å². The molecule has 30 heavy (non-hydrogen) atoms. The molecule has 2 N–H and O–H groups in total. The molecule has 4 saturated carbocycles. The van der Waals surface area contributed by atoms with Crippen LogP contribution in [-0.4, -0.2) is 27.9 Å². The first-order chi connectivity index (χ1) is 14.6. The maximum atomic E-state index is 13.9. The Hall–Kier alpha value is -2.37. The summed E-state index contributed by atoms with van der Waals surface area (Å²) in [7, 11) is 0. The van der Waals surface area contributed by atoms with Crippen molar-refractivity contribution < 1.29 is 9.18 Å². The second kappa shape index (κ2) is 6.82. The number of benzene rings is 1. The summed E-state index contributed by atoms with van der Waals surface area (Å²) < 4.78 is 15.5. The molecule has 0 spiro atoms. The zero-order valence-electron chi connectivity index (χ0n) is 17.2. The SMILES string of the molecule is O=C(NC12CC3CC(CC(C3)C1)C2)c1cnn2c1NC(c1ccccc1)CC2CF. The van der Waals surface area contributed by atoms with Crippen LogP contribution in [0, 0.1) is 17.8 Å². The summed E-state index contributed by atoms with van der Waals surface area (Å²) in [6.45, 7) is -0.490. The van der Waals surface area contributed by atoms with Crippen LogP contribution in [0.1, 0.15) is 73.0 Å². The van der Waals surface area contributed by atoms with Crippen molar-refractivity contribution in [3.63, 3.8) is 0 Å². The Morgan fingerprint density at radius 3 is 2.40 bits per heavy atom. The molecule has 4 aliphatic carbocycles. The average molecular weight is 409 g/mol. The van der Waals surface area contributed by atoms with Gasteiger partial charge in [-0.2, -0.15) is 5.10 Å². The van der Waals surface area contributed by atoms with Crippen LogP contribution in [0.4, 0.5) is 10.2 Å². The van der Waals surface area contributed by atoms with Gasteiger partial charge in [0.2, 0.25) is 0 Å². The lowest BCUT2D eigenvalue weighted by Crippen LogP contribution is -2.59. The van der Waals surface area contributed by atoms with E-state index in [1.807, 2.05) is 30.3 Å². The molecule has 1 aromatic carbocycles. The van der Waals surface area contributed by atoms with E-state index in [1.165, 1.54) is 19.3 Å². The fourth-order valence-electron chi connectivity index (χ4n) is 7.15. The maximum Gasteiger partial charge on any atom is 0.257 e. The molecule has 158 valence electrons. The van der Waals surface area contributed by atoms with Crippen LogP contribution in [0.5, 0.6) is 0 Å². The molecule has 2 atom stereocenters. The predicted molar refractivity (Wildman–Crippen MR) is 113 cm³/mol. The highest BCUT2D eigenvalue weighted by molar-refractivity contribution is 5.99. The Bertz CT molecular complexity index is 920. The number of carbonyl (C=O) groups excluding carboxylic acids is 1. The van der Waals surface area contributed by atoms with E-state index in [-0.39, 0.29) is 23.5 Å². The molecule has 5 nitrogen and oxygen atoms in total. The van der Waals surface area contributed by atoms with Gasteiger partial charge in [0.1, 0.15) is 18.1 Å². The maximum absolute atomic E-state index is 13.9. The monoisotopic (exact) mass is 408 g/mol. The highest BCUT2D eigenvalue weighted by atomic mass is 19.1. The largest absolute Gasteiger partial charge is 0.363 e. The van der Waals surface area contributed by atoms with Crippen LogP contribution >= 0.6 is 0 Å². The van der Waals surface area contributed by atoms with E-state index < -0.39 is 6.67 Å². The summed E-state index contributed by atoms with van der Waals surface area (Å²) in [5.74, 6) is 2.91. The van der Waals surface area contributed by atoms with Gasteiger partial charge in [0.15, 0.2) is 0 Å². The second-order valence-corrected chi connectivity index (χ2v) is 10.2. The first kappa shape index (κ1) is 18.4. The molecule has 6 heteroatoms. The fraction of sp³-hybridized carbons (Fsp3) is 0.583. The van der Waals surface area contributed by atoms with Gasteiger partial charge < -0.3 is 10.6 Å². The summed E-state index contributed by atoms with van der Waals surface area (Å²) in [6.07, 6.45) is 9.61. The van der Waals surface area contributed by atoms with Crippen molar-refractivity contribution in [3.05, 3.63) is 47.7 Å².